The molecule has 0 aromatic heterocycles. The van der Waals surface area contributed by atoms with Crippen molar-refractivity contribution in [1.29, 1.82) is 0 Å². The van der Waals surface area contributed by atoms with Gasteiger partial charge in [0.15, 0.2) is 9.84 Å². The van der Waals surface area contributed by atoms with Crippen LogP contribution in [-0.2, 0) is 9.84 Å². The number of likely N-dealkylation sites (N-methyl/N-ethyl adjacent to an activating group) is 1. The van der Waals surface area contributed by atoms with Crippen LogP contribution in [0.25, 0.3) is 0 Å². The highest BCUT2D eigenvalue weighted by Gasteiger charge is 2.21. The molecule has 1 N–H and O–H groups in total. The molecule has 1 aliphatic rings. The Morgan fingerprint density at radius 1 is 1.30 bits per heavy atom. The minimum atomic E-state index is -3.18. The molecule has 0 spiro atoms. The van der Waals surface area contributed by atoms with Crippen LogP contribution in [0.1, 0.15) is 26.2 Å². The SMILES string of the molecule is CCN1CCCC[C@@H]1CNc1ccccc1S(C)(=O)=O. The Morgan fingerprint density at radius 3 is 2.75 bits per heavy atom. The van der Waals surface area contributed by atoms with Crippen LogP contribution < -0.4 is 5.32 Å². The maximum atomic E-state index is 11.8. The maximum Gasteiger partial charge on any atom is 0.177 e. The van der Waals surface area contributed by atoms with Gasteiger partial charge in [-0.3, -0.25) is 4.90 Å². The summed E-state index contributed by atoms with van der Waals surface area (Å²) >= 11 is 0. The van der Waals surface area contributed by atoms with Gasteiger partial charge >= 0.3 is 0 Å². The van der Waals surface area contributed by atoms with Crippen molar-refractivity contribution in [2.75, 3.05) is 31.2 Å². The second kappa shape index (κ2) is 6.59. The summed E-state index contributed by atoms with van der Waals surface area (Å²) in [5.41, 5.74) is 0.719. The monoisotopic (exact) mass is 296 g/mol. The van der Waals surface area contributed by atoms with Crippen molar-refractivity contribution in [1.82, 2.24) is 4.90 Å². The van der Waals surface area contributed by atoms with Gasteiger partial charge in [0.25, 0.3) is 0 Å². The van der Waals surface area contributed by atoms with Crippen LogP contribution in [0.4, 0.5) is 5.69 Å². The molecule has 1 aromatic carbocycles. The van der Waals surface area contributed by atoms with Crippen LogP contribution in [0, 0.1) is 0 Å². The normalized spacial score (nSPS) is 20.8. The molecule has 112 valence electrons. The van der Waals surface area contributed by atoms with Crippen LogP contribution in [-0.4, -0.2) is 45.2 Å². The summed E-state index contributed by atoms with van der Waals surface area (Å²) in [7, 11) is -3.18. The molecule has 0 aliphatic carbocycles. The molecule has 20 heavy (non-hydrogen) atoms. The molecule has 1 fully saturated rings. The van der Waals surface area contributed by atoms with Gasteiger partial charge in [-0.05, 0) is 38.1 Å². The molecule has 0 radical (unpaired) electrons. The maximum absolute atomic E-state index is 11.8. The molecular weight excluding hydrogens is 272 g/mol. The Hall–Kier alpha value is -1.07. The number of anilines is 1. The summed E-state index contributed by atoms with van der Waals surface area (Å²) < 4.78 is 23.5. The van der Waals surface area contributed by atoms with E-state index < -0.39 is 9.84 Å². The summed E-state index contributed by atoms with van der Waals surface area (Å²) in [5, 5.41) is 3.33. The molecule has 1 aromatic rings. The zero-order valence-electron chi connectivity index (χ0n) is 12.3. The number of likely N-dealkylation sites (tertiary alicyclic amines) is 1. The first-order valence-electron chi connectivity index (χ1n) is 7.29. The molecular formula is C15H24N2O2S. The molecule has 1 saturated heterocycles. The van der Waals surface area contributed by atoms with Crippen LogP contribution in [0.3, 0.4) is 0 Å². The Kier molecular flexibility index (Phi) is 5.05. The van der Waals surface area contributed by atoms with E-state index in [1.807, 2.05) is 12.1 Å². The number of rotatable bonds is 5. The van der Waals surface area contributed by atoms with Crippen LogP contribution >= 0.6 is 0 Å². The van der Waals surface area contributed by atoms with Gasteiger partial charge < -0.3 is 5.32 Å². The van der Waals surface area contributed by atoms with Gasteiger partial charge in [0.1, 0.15) is 0 Å². The smallest absolute Gasteiger partial charge is 0.177 e. The van der Waals surface area contributed by atoms with Crippen molar-refractivity contribution < 1.29 is 8.42 Å². The average molecular weight is 296 g/mol. The van der Waals surface area contributed by atoms with E-state index in [1.165, 1.54) is 25.5 Å². The molecule has 0 bridgehead atoms. The van der Waals surface area contributed by atoms with Crippen molar-refractivity contribution >= 4 is 15.5 Å². The number of benzene rings is 1. The fraction of sp³-hybridized carbons (Fsp3) is 0.600. The van der Waals surface area contributed by atoms with E-state index in [-0.39, 0.29) is 0 Å². The Bertz CT molecular complexity index is 543. The van der Waals surface area contributed by atoms with Gasteiger partial charge in [-0.25, -0.2) is 8.42 Å². The Morgan fingerprint density at radius 2 is 2.05 bits per heavy atom. The van der Waals surface area contributed by atoms with Gasteiger partial charge in [0.2, 0.25) is 0 Å². The molecule has 0 amide bonds. The number of piperidine rings is 1. The number of hydrogen-bond acceptors (Lipinski definition) is 4. The van der Waals surface area contributed by atoms with E-state index in [2.05, 4.69) is 17.1 Å². The lowest BCUT2D eigenvalue weighted by Gasteiger charge is -2.35. The quantitative estimate of drug-likeness (QED) is 0.906. The second-order valence-electron chi connectivity index (χ2n) is 5.43. The highest BCUT2D eigenvalue weighted by molar-refractivity contribution is 7.90. The largest absolute Gasteiger partial charge is 0.382 e. The zero-order valence-corrected chi connectivity index (χ0v) is 13.1. The average Bonchev–Trinajstić information content (AvgIpc) is 2.44. The number of para-hydroxylation sites is 1. The Balaban J connectivity index is 2.07. The lowest BCUT2D eigenvalue weighted by molar-refractivity contribution is 0.164. The minimum absolute atomic E-state index is 0.388. The van der Waals surface area contributed by atoms with Gasteiger partial charge in [-0.2, -0.15) is 0 Å². The number of nitrogens with zero attached hydrogens (tertiary/aromatic N) is 1. The second-order valence-corrected chi connectivity index (χ2v) is 7.41. The number of hydrogen-bond donors (Lipinski definition) is 1. The molecule has 1 aliphatic heterocycles. The van der Waals surface area contributed by atoms with E-state index in [0.717, 1.165) is 25.3 Å². The van der Waals surface area contributed by atoms with Crippen molar-refractivity contribution in [3.8, 4) is 0 Å². The van der Waals surface area contributed by atoms with E-state index in [9.17, 15) is 8.42 Å². The summed E-state index contributed by atoms with van der Waals surface area (Å²) in [6.45, 7) is 5.19. The van der Waals surface area contributed by atoms with Crippen molar-refractivity contribution in [2.45, 2.75) is 37.1 Å². The third-order valence-corrected chi connectivity index (χ3v) is 5.12. The molecule has 0 saturated carbocycles. The summed E-state index contributed by atoms with van der Waals surface area (Å²) in [6.07, 6.45) is 4.97. The summed E-state index contributed by atoms with van der Waals surface area (Å²) in [4.78, 5) is 2.86. The van der Waals surface area contributed by atoms with Crippen molar-refractivity contribution in [3.05, 3.63) is 24.3 Å². The lowest BCUT2D eigenvalue weighted by Crippen LogP contribution is -2.43. The molecule has 1 heterocycles. The first-order chi connectivity index (χ1) is 9.52. The van der Waals surface area contributed by atoms with E-state index >= 15 is 0 Å². The standard InChI is InChI=1S/C15H24N2O2S/c1-3-17-11-7-6-8-13(17)12-16-14-9-4-5-10-15(14)20(2,18)19/h4-5,9-10,13,16H,3,6-8,11-12H2,1-2H3/t13-/m1/s1. The summed E-state index contributed by atoms with van der Waals surface area (Å²) in [6, 6.07) is 7.64. The van der Waals surface area contributed by atoms with Crippen LogP contribution in [0.5, 0.6) is 0 Å². The van der Waals surface area contributed by atoms with Gasteiger partial charge in [-0.15, -0.1) is 0 Å². The first kappa shape index (κ1) is 15.3. The van der Waals surface area contributed by atoms with E-state index in [1.54, 1.807) is 12.1 Å². The highest BCUT2D eigenvalue weighted by atomic mass is 32.2. The molecule has 4 nitrogen and oxygen atoms in total. The summed E-state index contributed by atoms with van der Waals surface area (Å²) in [5.74, 6) is 0. The van der Waals surface area contributed by atoms with Crippen LogP contribution in [0.2, 0.25) is 0 Å². The third-order valence-electron chi connectivity index (χ3n) is 3.97. The van der Waals surface area contributed by atoms with E-state index in [0.29, 0.717) is 10.9 Å². The van der Waals surface area contributed by atoms with Gasteiger partial charge in [0, 0.05) is 18.8 Å². The lowest BCUT2D eigenvalue weighted by atomic mass is 10.0. The van der Waals surface area contributed by atoms with Gasteiger partial charge in [-0.1, -0.05) is 25.5 Å². The minimum Gasteiger partial charge on any atom is -0.382 e. The number of sulfone groups is 1. The molecule has 5 heteroatoms. The first-order valence-corrected chi connectivity index (χ1v) is 9.18. The topological polar surface area (TPSA) is 49.4 Å². The predicted molar refractivity (Wildman–Crippen MR) is 82.9 cm³/mol. The van der Waals surface area contributed by atoms with Crippen molar-refractivity contribution in [3.63, 3.8) is 0 Å². The molecule has 1 atom stereocenters. The van der Waals surface area contributed by atoms with Crippen LogP contribution in [0.15, 0.2) is 29.2 Å². The van der Waals surface area contributed by atoms with Gasteiger partial charge in [0.05, 0.1) is 10.6 Å². The fourth-order valence-corrected chi connectivity index (χ4v) is 3.74. The molecule has 0 unspecified atom stereocenters. The molecule has 2 rings (SSSR count). The van der Waals surface area contributed by atoms with E-state index in [4.69, 9.17) is 0 Å². The highest BCUT2D eigenvalue weighted by Crippen LogP contribution is 2.22. The number of nitrogens with one attached hydrogen (secondary N) is 1. The third kappa shape index (κ3) is 3.73. The predicted octanol–water partition coefficient (Wildman–Crippen LogP) is 2.38. The fourth-order valence-electron chi connectivity index (χ4n) is 2.87. The zero-order chi connectivity index (χ0) is 14.6. The Labute approximate surface area is 122 Å². The van der Waals surface area contributed by atoms with Crippen molar-refractivity contribution in [2.24, 2.45) is 0 Å².